The van der Waals surface area contributed by atoms with Crippen molar-refractivity contribution in [2.24, 2.45) is 7.05 Å². The number of nitrogens with zero attached hydrogens (tertiary/aromatic N) is 4. The largest absolute Gasteiger partial charge is 0.307 e. The Hall–Kier alpha value is -1.27. The van der Waals surface area contributed by atoms with Gasteiger partial charge in [0.25, 0.3) is 0 Å². The molecule has 6 heteroatoms. The normalized spacial score (nSPS) is 12.6. The monoisotopic (exact) mass is 337 g/mol. The number of hydrogen-bond donors (Lipinski definition) is 1. The fraction of sp³-hybridized carbons (Fsp3) is 0.500. The van der Waals surface area contributed by atoms with Crippen LogP contribution in [0.15, 0.2) is 22.9 Å². The van der Waals surface area contributed by atoms with E-state index in [4.69, 9.17) is 0 Å². The summed E-state index contributed by atoms with van der Waals surface area (Å²) in [5.41, 5.74) is 2.16. The summed E-state index contributed by atoms with van der Waals surface area (Å²) in [6, 6.07) is 1.94. The van der Waals surface area contributed by atoms with Gasteiger partial charge in [0.15, 0.2) is 0 Å². The van der Waals surface area contributed by atoms with E-state index in [2.05, 4.69) is 43.2 Å². The fourth-order valence-electron chi connectivity index (χ4n) is 2.16. The standard InChI is InChI=1S/C14H20BrN5/c1-4-6-16-11(14-17-7-5-8-18-14)9-12-13(15)10(2)19-20(12)3/h5,7-8,11,16H,4,6,9H2,1-3H3. The van der Waals surface area contributed by atoms with Gasteiger partial charge in [0, 0.05) is 25.9 Å². The van der Waals surface area contributed by atoms with Crippen molar-refractivity contribution in [3.8, 4) is 0 Å². The van der Waals surface area contributed by atoms with Gasteiger partial charge in [0.1, 0.15) is 5.82 Å². The van der Waals surface area contributed by atoms with Gasteiger partial charge in [0.05, 0.1) is 21.9 Å². The summed E-state index contributed by atoms with van der Waals surface area (Å²) in [5.74, 6) is 0.826. The Balaban J connectivity index is 2.24. The van der Waals surface area contributed by atoms with Crippen LogP contribution in [0.3, 0.4) is 0 Å². The first-order valence-corrected chi connectivity index (χ1v) is 7.61. The maximum absolute atomic E-state index is 4.44. The van der Waals surface area contributed by atoms with Crippen LogP contribution in [0.1, 0.15) is 36.6 Å². The summed E-state index contributed by atoms with van der Waals surface area (Å²) < 4.78 is 2.99. The number of aromatic nitrogens is 4. The minimum atomic E-state index is 0.0993. The first kappa shape index (κ1) is 15.1. The van der Waals surface area contributed by atoms with Crippen molar-refractivity contribution in [1.82, 2.24) is 25.1 Å². The van der Waals surface area contributed by atoms with E-state index in [1.165, 1.54) is 0 Å². The molecule has 2 aromatic rings. The molecule has 0 saturated carbocycles. The molecule has 1 unspecified atom stereocenters. The minimum absolute atomic E-state index is 0.0993. The van der Waals surface area contributed by atoms with Crippen molar-refractivity contribution in [3.05, 3.63) is 40.1 Å². The van der Waals surface area contributed by atoms with Crippen LogP contribution >= 0.6 is 15.9 Å². The molecule has 0 saturated heterocycles. The van der Waals surface area contributed by atoms with E-state index in [-0.39, 0.29) is 6.04 Å². The van der Waals surface area contributed by atoms with Crippen molar-refractivity contribution >= 4 is 15.9 Å². The van der Waals surface area contributed by atoms with Crippen LogP contribution in [0.5, 0.6) is 0 Å². The highest BCUT2D eigenvalue weighted by Crippen LogP contribution is 2.24. The van der Waals surface area contributed by atoms with E-state index in [0.717, 1.165) is 41.1 Å². The lowest BCUT2D eigenvalue weighted by atomic mass is 10.1. The Morgan fingerprint density at radius 2 is 2.05 bits per heavy atom. The molecule has 2 heterocycles. The smallest absolute Gasteiger partial charge is 0.145 e. The molecule has 0 aliphatic heterocycles. The highest BCUT2D eigenvalue weighted by molar-refractivity contribution is 9.10. The van der Waals surface area contributed by atoms with Crippen LogP contribution in [-0.4, -0.2) is 26.3 Å². The molecule has 0 amide bonds. The van der Waals surface area contributed by atoms with Gasteiger partial charge in [0.2, 0.25) is 0 Å². The van der Waals surface area contributed by atoms with Gasteiger partial charge in [-0.1, -0.05) is 6.92 Å². The third-order valence-electron chi connectivity index (χ3n) is 3.20. The summed E-state index contributed by atoms with van der Waals surface area (Å²) in [6.07, 6.45) is 5.45. The van der Waals surface area contributed by atoms with Crippen molar-refractivity contribution in [2.75, 3.05) is 6.54 Å². The van der Waals surface area contributed by atoms with Gasteiger partial charge < -0.3 is 5.32 Å². The Morgan fingerprint density at radius 3 is 2.60 bits per heavy atom. The van der Waals surface area contributed by atoms with E-state index >= 15 is 0 Å². The van der Waals surface area contributed by atoms with E-state index < -0.39 is 0 Å². The Kier molecular flexibility index (Phi) is 5.25. The predicted molar refractivity (Wildman–Crippen MR) is 82.4 cm³/mol. The van der Waals surface area contributed by atoms with Gasteiger partial charge in [-0.25, -0.2) is 9.97 Å². The van der Waals surface area contributed by atoms with E-state index in [0.29, 0.717) is 0 Å². The Bertz CT molecular complexity index is 552. The topological polar surface area (TPSA) is 55.6 Å². The lowest BCUT2D eigenvalue weighted by molar-refractivity contribution is 0.489. The van der Waals surface area contributed by atoms with Gasteiger partial charge in [-0.3, -0.25) is 4.68 Å². The van der Waals surface area contributed by atoms with Gasteiger partial charge >= 0.3 is 0 Å². The lowest BCUT2D eigenvalue weighted by Gasteiger charge is -2.17. The Morgan fingerprint density at radius 1 is 1.35 bits per heavy atom. The lowest BCUT2D eigenvalue weighted by Crippen LogP contribution is -2.26. The molecule has 0 bridgehead atoms. The predicted octanol–water partition coefficient (Wildman–Crippen LogP) is 2.56. The molecule has 5 nitrogen and oxygen atoms in total. The zero-order valence-electron chi connectivity index (χ0n) is 12.1. The van der Waals surface area contributed by atoms with E-state index in [1.807, 2.05) is 24.7 Å². The van der Waals surface area contributed by atoms with E-state index in [9.17, 15) is 0 Å². The quantitative estimate of drug-likeness (QED) is 0.880. The summed E-state index contributed by atoms with van der Waals surface area (Å²) in [7, 11) is 1.97. The molecular formula is C14H20BrN5. The Labute approximate surface area is 128 Å². The van der Waals surface area contributed by atoms with Crippen LogP contribution < -0.4 is 5.32 Å². The molecule has 0 radical (unpaired) electrons. The maximum Gasteiger partial charge on any atom is 0.145 e. The SMILES string of the molecule is CCCNC(Cc1c(Br)c(C)nn1C)c1ncccn1. The molecule has 0 aromatic carbocycles. The summed E-state index contributed by atoms with van der Waals surface area (Å²) >= 11 is 3.62. The molecule has 108 valence electrons. The molecule has 2 rings (SSSR count). The fourth-order valence-corrected chi connectivity index (χ4v) is 2.66. The third kappa shape index (κ3) is 3.43. The van der Waals surface area contributed by atoms with Crippen LogP contribution in [0.25, 0.3) is 0 Å². The molecule has 20 heavy (non-hydrogen) atoms. The van der Waals surface area contributed by atoms with Crippen LogP contribution in [0.4, 0.5) is 0 Å². The number of nitrogens with one attached hydrogen (secondary N) is 1. The van der Waals surface area contributed by atoms with Gasteiger partial charge in [-0.2, -0.15) is 5.10 Å². The maximum atomic E-state index is 4.44. The first-order chi connectivity index (χ1) is 9.63. The number of hydrogen-bond acceptors (Lipinski definition) is 4. The highest BCUT2D eigenvalue weighted by atomic mass is 79.9. The zero-order chi connectivity index (χ0) is 14.5. The summed E-state index contributed by atoms with van der Waals surface area (Å²) in [5, 5.41) is 7.95. The molecule has 0 aliphatic carbocycles. The molecule has 1 atom stereocenters. The van der Waals surface area contributed by atoms with Gasteiger partial charge in [-0.05, 0) is 41.9 Å². The average molecular weight is 338 g/mol. The molecule has 1 N–H and O–H groups in total. The number of rotatable bonds is 6. The highest BCUT2D eigenvalue weighted by Gasteiger charge is 2.19. The van der Waals surface area contributed by atoms with Gasteiger partial charge in [-0.15, -0.1) is 0 Å². The summed E-state index contributed by atoms with van der Waals surface area (Å²) in [6.45, 7) is 5.10. The average Bonchev–Trinajstić information content (AvgIpc) is 2.70. The van der Waals surface area contributed by atoms with Crippen molar-refractivity contribution in [1.29, 1.82) is 0 Å². The zero-order valence-corrected chi connectivity index (χ0v) is 13.7. The van der Waals surface area contributed by atoms with Crippen LogP contribution in [0.2, 0.25) is 0 Å². The molecular weight excluding hydrogens is 318 g/mol. The second kappa shape index (κ2) is 6.95. The second-order valence-corrected chi connectivity index (χ2v) is 5.58. The molecule has 2 aromatic heterocycles. The van der Waals surface area contributed by atoms with Crippen molar-refractivity contribution in [3.63, 3.8) is 0 Å². The van der Waals surface area contributed by atoms with E-state index in [1.54, 1.807) is 12.4 Å². The molecule has 0 fully saturated rings. The first-order valence-electron chi connectivity index (χ1n) is 6.81. The molecule has 0 spiro atoms. The van der Waals surface area contributed by atoms with Crippen LogP contribution in [0, 0.1) is 6.92 Å². The number of aryl methyl sites for hydroxylation is 2. The van der Waals surface area contributed by atoms with Crippen molar-refractivity contribution < 1.29 is 0 Å². The third-order valence-corrected chi connectivity index (χ3v) is 4.23. The summed E-state index contributed by atoms with van der Waals surface area (Å²) in [4.78, 5) is 8.75. The minimum Gasteiger partial charge on any atom is -0.307 e. The molecule has 0 aliphatic rings. The van der Waals surface area contributed by atoms with Crippen LogP contribution in [-0.2, 0) is 13.5 Å². The number of halogens is 1. The second-order valence-electron chi connectivity index (χ2n) is 4.79. The van der Waals surface area contributed by atoms with Crippen molar-refractivity contribution in [2.45, 2.75) is 32.7 Å².